The molecule has 0 atom stereocenters. The normalized spacial score (nSPS) is 23.4. The molecule has 5 heteroatoms. The number of sulfonamides is 1. The third-order valence-corrected chi connectivity index (χ3v) is 5.55. The third-order valence-electron chi connectivity index (χ3n) is 3.65. The molecule has 1 heterocycles. The predicted molar refractivity (Wildman–Crippen MR) is 69.4 cm³/mol. The zero-order chi connectivity index (χ0) is 12.1. The van der Waals surface area contributed by atoms with Crippen molar-refractivity contribution in [1.29, 1.82) is 0 Å². The fraction of sp³-hybridized carbons (Fsp3) is 0.833. The van der Waals surface area contributed by atoms with Crippen LogP contribution < -0.4 is 10.0 Å². The molecule has 0 amide bonds. The van der Waals surface area contributed by atoms with Gasteiger partial charge >= 0.3 is 0 Å². The Balaban J connectivity index is 1.86. The standard InChI is InChI=1S/C12H22N2O2S/c15-17(16,12-4-2-1-3-5-12)14-10-11-6-8-13-9-7-11/h6,12-14H,1-5,7-10H2. The van der Waals surface area contributed by atoms with Crippen LogP contribution in [0.1, 0.15) is 38.5 Å². The second-order valence-electron chi connectivity index (χ2n) is 4.94. The highest BCUT2D eigenvalue weighted by Crippen LogP contribution is 2.23. The molecule has 98 valence electrons. The van der Waals surface area contributed by atoms with Crippen LogP contribution in [-0.4, -0.2) is 33.3 Å². The Kier molecular flexibility index (Phi) is 4.59. The van der Waals surface area contributed by atoms with Gasteiger partial charge in [-0.1, -0.05) is 30.9 Å². The molecule has 17 heavy (non-hydrogen) atoms. The number of rotatable bonds is 4. The average Bonchev–Trinajstić information content (AvgIpc) is 2.39. The van der Waals surface area contributed by atoms with Crippen molar-refractivity contribution in [3.05, 3.63) is 11.6 Å². The fourth-order valence-electron chi connectivity index (χ4n) is 2.52. The van der Waals surface area contributed by atoms with Gasteiger partial charge in [0.05, 0.1) is 5.25 Å². The molecule has 1 aliphatic carbocycles. The number of hydrogen-bond donors (Lipinski definition) is 2. The first-order valence-electron chi connectivity index (χ1n) is 6.55. The molecule has 1 saturated carbocycles. The van der Waals surface area contributed by atoms with E-state index in [1.54, 1.807) is 0 Å². The molecule has 2 aliphatic rings. The Labute approximate surface area is 104 Å². The topological polar surface area (TPSA) is 58.2 Å². The van der Waals surface area contributed by atoms with Crippen LogP contribution in [0.3, 0.4) is 0 Å². The van der Waals surface area contributed by atoms with Crippen LogP contribution in [0.2, 0.25) is 0 Å². The van der Waals surface area contributed by atoms with E-state index in [0.717, 1.165) is 45.2 Å². The van der Waals surface area contributed by atoms with Gasteiger partial charge in [-0.3, -0.25) is 0 Å². The average molecular weight is 258 g/mol. The molecule has 0 unspecified atom stereocenters. The molecule has 4 nitrogen and oxygen atoms in total. The molecule has 0 radical (unpaired) electrons. The minimum absolute atomic E-state index is 0.154. The molecule has 0 spiro atoms. The molecular weight excluding hydrogens is 236 g/mol. The summed E-state index contributed by atoms with van der Waals surface area (Å²) in [6.07, 6.45) is 7.99. The lowest BCUT2D eigenvalue weighted by Crippen LogP contribution is -2.37. The predicted octanol–water partition coefficient (Wildman–Crippen LogP) is 1.16. The Morgan fingerprint density at radius 2 is 2.06 bits per heavy atom. The van der Waals surface area contributed by atoms with E-state index in [-0.39, 0.29) is 5.25 Å². The minimum Gasteiger partial charge on any atom is -0.313 e. The van der Waals surface area contributed by atoms with E-state index in [9.17, 15) is 8.42 Å². The second kappa shape index (κ2) is 5.98. The van der Waals surface area contributed by atoms with Crippen molar-refractivity contribution in [2.24, 2.45) is 0 Å². The van der Waals surface area contributed by atoms with Gasteiger partial charge in [-0.2, -0.15) is 0 Å². The Bertz CT molecular complexity index is 370. The quantitative estimate of drug-likeness (QED) is 0.744. The molecular formula is C12H22N2O2S. The smallest absolute Gasteiger partial charge is 0.214 e. The molecule has 0 aromatic rings. The Hall–Kier alpha value is -0.390. The lowest BCUT2D eigenvalue weighted by atomic mass is 10.0. The first kappa shape index (κ1) is 13.1. The maximum atomic E-state index is 12.1. The molecule has 0 bridgehead atoms. The van der Waals surface area contributed by atoms with Crippen molar-refractivity contribution in [2.75, 3.05) is 19.6 Å². The lowest BCUT2D eigenvalue weighted by molar-refractivity contribution is 0.478. The van der Waals surface area contributed by atoms with E-state index in [4.69, 9.17) is 0 Å². The van der Waals surface area contributed by atoms with Crippen LogP contribution in [0.5, 0.6) is 0 Å². The van der Waals surface area contributed by atoms with Gasteiger partial charge < -0.3 is 5.32 Å². The first-order chi connectivity index (χ1) is 8.18. The summed E-state index contributed by atoms with van der Waals surface area (Å²) in [5.41, 5.74) is 1.21. The van der Waals surface area contributed by atoms with Gasteiger partial charge in [0.25, 0.3) is 0 Å². The van der Waals surface area contributed by atoms with E-state index < -0.39 is 10.0 Å². The number of nitrogens with one attached hydrogen (secondary N) is 2. The molecule has 2 rings (SSSR count). The first-order valence-corrected chi connectivity index (χ1v) is 8.10. The van der Waals surface area contributed by atoms with E-state index in [1.165, 1.54) is 12.0 Å². The lowest BCUT2D eigenvalue weighted by Gasteiger charge is -2.23. The van der Waals surface area contributed by atoms with Gasteiger partial charge in [0.1, 0.15) is 0 Å². The highest BCUT2D eigenvalue weighted by Gasteiger charge is 2.26. The summed E-state index contributed by atoms with van der Waals surface area (Å²) in [6.45, 7) is 2.32. The molecule has 0 aromatic carbocycles. The van der Waals surface area contributed by atoms with Gasteiger partial charge in [-0.25, -0.2) is 13.1 Å². The van der Waals surface area contributed by atoms with Crippen molar-refractivity contribution in [1.82, 2.24) is 10.0 Å². The second-order valence-corrected chi connectivity index (χ2v) is 6.99. The van der Waals surface area contributed by atoms with Gasteiger partial charge in [0.15, 0.2) is 0 Å². The fourth-order valence-corrected chi connectivity index (χ4v) is 4.09. The van der Waals surface area contributed by atoms with Crippen molar-refractivity contribution < 1.29 is 8.42 Å². The van der Waals surface area contributed by atoms with E-state index >= 15 is 0 Å². The molecule has 0 saturated heterocycles. The molecule has 1 fully saturated rings. The van der Waals surface area contributed by atoms with Crippen molar-refractivity contribution in [2.45, 2.75) is 43.8 Å². The summed E-state index contributed by atoms with van der Waals surface area (Å²) in [5.74, 6) is 0. The highest BCUT2D eigenvalue weighted by molar-refractivity contribution is 7.90. The van der Waals surface area contributed by atoms with Gasteiger partial charge in [0.2, 0.25) is 10.0 Å². The zero-order valence-electron chi connectivity index (χ0n) is 10.2. The molecule has 0 aromatic heterocycles. The van der Waals surface area contributed by atoms with Crippen LogP contribution in [0.4, 0.5) is 0 Å². The summed E-state index contributed by atoms with van der Waals surface area (Å²) < 4.78 is 26.9. The molecule has 1 aliphatic heterocycles. The van der Waals surface area contributed by atoms with Gasteiger partial charge in [-0.15, -0.1) is 0 Å². The Morgan fingerprint density at radius 3 is 2.71 bits per heavy atom. The minimum atomic E-state index is -3.09. The summed E-state index contributed by atoms with van der Waals surface area (Å²) >= 11 is 0. The SMILES string of the molecule is O=S(=O)(NCC1=CCNCC1)C1CCCCC1. The van der Waals surface area contributed by atoms with Gasteiger partial charge in [0, 0.05) is 13.1 Å². The van der Waals surface area contributed by atoms with Crippen LogP contribution in [-0.2, 0) is 10.0 Å². The summed E-state index contributed by atoms with van der Waals surface area (Å²) in [7, 11) is -3.09. The van der Waals surface area contributed by atoms with Crippen LogP contribution in [0.25, 0.3) is 0 Å². The van der Waals surface area contributed by atoms with Crippen molar-refractivity contribution in [3.8, 4) is 0 Å². The maximum Gasteiger partial charge on any atom is 0.214 e. The van der Waals surface area contributed by atoms with Crippen molar-refractivity contribution in [3.63, 3.8) is 0 Å². The largest absolute Gasteiger partial charge is 0.313 e. The van der Waals surface area contributed by atoms with Crippen LogP contribution in [0, 0.1) is 0 Å². The van der Waals surface area contributed by atoms with Crippen molar-refractivity contribution >= 4 is 10.0 Å². The summed E-state index contributed by atoms with van der Waals surface area (Å²) in [5, 5.41) is 3.07. The van der Waals surface area contributed by atoms with E-state index in [2.05, 4.69) is 16.1 Å². The summed E-state index contributed by atoms with van der Waals surface area (Å²) in [6, 6.07) is 0. The Morgan fingerprint density at radius 1 is 1.29 bits per heavy atom. The third kappa shape index (κ3) is 3.79. The monoisotopic (exact) mass is 258 g/mol. The highest BCUT2D eigenvalue weighted by atomic mass is 32.2. The van der Waals surface area contributed by atoms with Gasteiger partial charge in [-0.05, 0) is 25.8 Å². The maximum absolute atomic E-state index is 12.1. The zero-order valence-corrected chi connectivity index (χ0v) is 11.1. The number of hydrogen-bond acceptors (Lipinski definition) is 3. The summed E-state index contributed by atoms with van der Waals surface area (Å²) in [4.78, 5) is 0. The van der Waals surface area contributed by atoms with Crippen LogP contribution in [0.15, 0.2) is 11.6 Å². The van der Waals surface area contributed by atoms with Crippen LogP contribution >= 0.6 is 0 Å². The van der Waals surface area contributed by atoms with E-state index in [1.807, 2.05) is 0 Å². The van der Waals surface area contributed by atoms with E-state index in [0.29, 0.717) is 6.54 Å². The molecule has 2 N–H and O–H groups in total.